The highest BCUT2D eigenvalue weighted by molar-refractivity contribution is 9.10. The Bertz CT molecular complexity index is 399. The Labute approximate surface area is 124 Å². The molecule has 0 aromatic heterocycles. The van der Waals surface area contributed by atoms with Gasteiger partial charge in [-0.25, -0.2) is 0 Å². The van der Waals surface area contributed by atoms with Gasteiger partial charge in [-0.15, -0.1) is 0 Å². The van der Waals surface area contributed by atoms with Crippen molar-refractivity contribution in [3.8, 4) is 0 Å². The molecule has 1 aromatic rings. The summed E-state index contributed by atoms with van der Waals surface area (Å²) in [6.45, 7) is 2.85. The van der Waals surface area contributed by atoms with Crippen LogP contribution in [0.1, 0.15) is 57.1 Å². The molecule has 0 amide bonds. The van der Waals surface area contributed by atoms with Crippen LogP contribution in [0.15, 0.2) is 28.7 Å². The largest absolute Gasteiger partial charge is 0.389 e. The molecule has 0 bridgehead atoms. The summed E-state index contributed by atoms with van der Waals surface area (Å²) in [5.74, 6) is 0. The number of aliphatic hydroxyl groups is 1. The SMILES string of the molecule is CC(NCC1(O)CCCCCC1)c1cccc(Br)c1. The summed E-state index contributed by atoms with van der Waals surface area (Å²) >= 11 is 3.50. The summed E-state index contributed by atoms with van der Waals surface area (Å²) in [6, 6.07) is 8.62. The minimum atomic E-state index is -0.503. The maximum atomic E-state index is 10.6. The molecule has 2 nitrogen and oxygen atoms in total. The minimum Gasteiger partial charge on any atom is -0.389 e. The van der Waals surface area contributed by atoms with Crippen molar-refractivity contribution in [1.29, 1.82) is 0 Å². The molecule has 1 atom stereocenters. The van der Waals surface area contributed by atoms with Gasteiger partial charge in [0.1, 0.15) is 0 Å². The van der Waals surface area contributed by atoms with Crippen molar-refractivity contribution in [2.24, 2.45) is 0 Å². The van der Waals surface area contributed by atoms with Crippen LogP contribution < -0.4 is 5.32 Å². The van der Waals surface area contributed by atoms with E-state index < -0.39 is 5.60 Å². The average Bonchev–Trinajstić information content (AvgIpc) is 2.61. The second kappa shape index (κ2) is 6.87. The fourth-order valence-corrected chi connectivity index (χ4v) is 3.22. The van der Waals surface area contributed by atoms with Gasteiger partial charge in [-0.05, 0) is 37.5 Å². The van der Waals surface area contributed by atoms with E-state index in [1.807, 2.05) is 6.07 Å². The smallest absolute Gasteiger partial charge is 0.0771 e. The number of rotatable bonds is 4. The maximum Gasteiger partial charge on any atom is 0.0771 e. The maximum absolute atomic E-state index is 10.6. The molecule has 1 saturated carbocycles. The fraction of sp³-hybridized carbons (Fsp3) is 0.625. The number of benzene rings is 1. The zero-order chi connectivity index (χ0) is 13.7. The van der Waals surface area contributed by atoms with Crippen molar-refractivity contribution < 1.29 is 5.11 Å². The van der Waals surface area contributed by atoms with Crippen molar-refractivity contribution in [2.75, 3.05) is 6.54 Å². The second-order valence-corrected chi connectivity index (χ2v) is 6.71. The Morgan fingerprint density at radius 2 is 1.95 bits per heavy atom. The van der Waals surface area contributed by atoms with Crippen LogP contribution in [-0.2, 0) is 0 Å². The molecule has 0 saturated heterocycles. The van der Waals surface area contributed by atoms with Crippen LogP contribution in [0.4, 0.5) is 0 Å². The fourth-order valence-electron chi connectivity index (χ4n) is 2.80. The first-order valence-electron chi connectivity index (χ1n) is 7.30. The van der Waals surface area contributed by atoms with E-state index in [1.54, 1.807) is 0 Å². The highest BCUT2D eigenvalue weighted by atomic mass is 79.9. The van der Waals surface area contributed by atoms with Crippen molar-refractivity contribution in [3.05, 3.63) is 34.3 Å². The molecule has 0 radical (unpaired) electrons. The Kier molecular flexibility index (Phi) is 5.43. The molecule has 1 aliphatic carbocycles. The van der Waals surface area contributed by atoms with Crippen molar-refractivity contribution in [2.45, 2.75) is 57.1 Å². The van der Waals surface area contributed by atoms with Crippen LogP contribution in [-0.4, -0.2) is 17.3 Å². The van der Waals surface area contributed by atoms with Crippen LogP contribution in [0.5, 0.6) is 0 Å². The molecule has 0 spiro atoms. The predicted octanol–water partition coefficient (Wildman–Crippen LogP) is 4.19. The monoisotopic (exact) mass is 325 g/mol. The van der Waals surface area contributed by atoms with Gasteiger partial charge >= 0.3 is 0 Å². The van der Waals surface area contributed by atoms with E-state index in [-0.39, 0.29) is 6.04 Å². The third-order valence-electron chi connectivity index (χ3n) is 4.12. The normalized spacial score (nSPS) is 20.8. The van der Waals surface area contributed by atoms with Gasteiger partial charge in [0, 0.05) is 17.1 Å². The van der Waals surface area contributed by atoms with Gasteiger partial charge in [0.15, 0.2) is 0 Å². The molecule has 0 heterocycles. The lowest BCUT2D eigenvalue weighted by molar-refractivity contribution is 0.0231. The van der Waals surface area contributed by atoms with Gasteiger partial charge in [0.25, 0.3) is 0 Å². The number of nitrogens with one attached hydrogen (secondary N) is 1. The number of halogens is 1. The highest BCUT2D eigenvalue weighted by Gasteiger charge is 2.28. The zero-order valence-electron chi connectivity index (χ0n) is 11.7. The lowest BCUT2D eigenvalue weighted by Crippen LogP contribution is -2.41. The highest BCUT2D eigenvalue weighted by Crippen LogP contribution is 2.27. The molecule has 1 aliphatic rings. The van der Waals surface area contributed by atoms with Gasteiger partial charge < -0.3 is 10.4 Å². The third-order valence-corrected chi connectivity index (χ3v) is 4.61. The molecular formula is C16H24BrNO. The lowest BCUT2D eigenvalue weighted by Gasteiger charge is -2.29. The summed E-state index contributed by atoms with van der Waals surface area (Å²) in [4.78, 5) is 0. The van der Waals surface area contributed by atoms with E-state index in [0.29, 0.717) is 6.54 Å². The first-order chi connectivity index (χ1) is 9.09. The van der Waals surface area contributed by atoms with Crippen molar-refractivity contribution in [1.82, 2.24) is 5.32 Å². The predicted molar refractivity (Wildman–Crippen MR) is 83.2 cm³/mol. The van der Waals surface area contributed by atoms with E-state index in [4.69, 9.17) is 0 Å². The summed E-state index contributed by atoms with van der Waals surface area (Å²) in [7, 11) is 0. The topological polar surface area (TPSA) is 32.3 Å². The van der Waals surface area contributed by atoms with E-state index in [1.165, 1.54) is 18.4 Å². The summed E-state index contributed by atoms with van der Waals surface area (Å²) in [5.41, 5.74) is 0.753. The first kappa shape index (κ1) is 15.0. The molecule has 3 heteroatoms. The Balaban J connectivity index is 1.90. The van der Waals surface area contributed by atoms with Crippen molar-refractivity contribution in [3.63, 3.8) is 0 Å². The molecule has 1 unspecified atom stereocenters. The van der Waals surface area contributed by atoms with E-state index in [9.17, 15) is 5.11 Å². The van der Waals surface area contributed by atoms with Crippen LogP contribution in [0.3, 0.4) is 0 Å². The van der Waals surface area contributed by atoms with Gasteiger partial charge in [-0.2, -0.15) is 0 Å². The Morgan fingerprint density at radius 3 is 2.58 bits per heavy atom. The van der Waals surface area contributed by atoms with Gasteiger partial charge in [-0.1, -0.05) is 53.7 Å². The minimum absolute atomic E-state index is 0.268. The molecular weight excluding hydrogens is 302 g/mol. The average molecular weight is 326 g/mol. The van der Waals surface area contributed by atoms with Crippen LogP contribution in [0, 0.1) is 0 Å². The van der Waals surface area contributed by atoms with Crippen LogP contribution in [0.2, 0.25) is 0 Å². The molecule has 0 aliphatic heterocycles. The second-order valence-electron chi connectivity index (χ2n) is 5.80. The van der Waals surface area contributed by atoms with Crippen molar-refractivity contribution >= 4 is 15.9 Å². The number of hydrogen-bond acceptors (Lipinski definition) is 2. The summed E-state index contributed by atoms with van der Waals surface area (Å²) in [5, 5.41) is 14.1. The molecule has 2 rings (SSSR count). The van der Waals surface area contributed by atoms with E-state index in [0.717, 1.165) is 30.2 Å². The number of hydrogen-bond donors (Lipinski definition) is 2. The molecule has 1 fully saturated rings. The van der Waals surface area contributed by atoms with Gasteiger partial charge in [0.05, 0.1) is 5.60 Å². The summed E-state index contributed by atoms with van der Waals surface area (Å²) < 4.78 is 1.10. The van der Waals surface area contributed by atoms with E-state index in [2.05, 4.69) is 46.4 Å². The van der Waals surface area contributed by atoms with Gasteiger partial charge in [0.2, 0.25) is 0 Å². The Hall–Kier alpha value is -0.380. The third kappa shape index (κ3) is 4.59. The van der Waals surface area contributed by atoms with E-state index >= 15 is 0 Å². The van der Waals surface area contributed by atoms with Crippen LogP contribution in [0.25, 0.3) is 0 Å². The molecule has 2 N–H and O–H groups in total. The summed E-state index contributed by atoms with van der Waals surface area (Å²) in [6.07, 6.45) is 6.72. The zero-order valence-corrected chi connectivity index (χ0v) is 13.2. The Morgan fingerprint density at radius 1 is 1.26 bits per heavy atom. The van der Waals surface area contributed by atoms with Gasteiger partial charge in [-0.3, -0.25) is 0 Å². The molecule has 106 valence electrons. The quantitative estimate of drug-likeness (QED) is 0.814. The standard InChI is InChI=1S/C16H24BrNO/c1-13(14-7-6-8-15(17)11-14)18-12-16(19)9-4-2-3-5-10-16/h6-8,11,13,18-19H,2-5,9-10,12H2,1H3. The molecule has 1 aromatic carbocycles. The first-order valence-corrected chi connectivity index (χ1v) is 8.10. The lowest BCUT2D eigenvalue weighted by atomic mass is 9.94. The molecule has 19 heavy (non-hydrogen) atoms. The van der Waals surface area contributed by atoms with Crippen LogP contribution >= 0.6 is 15.9 Å².